The molecule has 2 aromatic rings. The van der Waals surface area contributed by atoms with E-state index in [1.54, 1.807) is 18.4 Å². The quantitative estimate of drug-likeness (QED) is 0.883. The summed E-state index contributed by atoms with van der Waals surface area (Å²) in [5.41, 5.74) is 3.63. The summed E-state index contributed by atoms with van der Waals surface area (Å²) in [6, 6.07) is 5.49. The predicted molar refractivity (Wildman–Crippen MR) is 75.0 cm³/mol. The fourth-order valence-corrected chi connectivity index (χ4v) is 2.58. The molecule has 2 rings (SSSR count). The molecule has 1 N–H and O–H groups in total. The van der Waals surface area contributed by atoms with Crippen LogP contribution >= 0.6 is 11.3 Å². The van der Waals surface area contributed by atoms with Crippen LogP contribution in [-0.4, -0.2) is 23.8 Å². The average Bonchev–Trinajstić information content (AvgIpc) is 2.84. The SMILES string of the molecule is COc1cccc(CO)c1OCCc1scnc1C. The number of nitrogens with zero attached hydrogens (tertiary/aromatic N) is 1. The molecule has 102 valence electrons. The van der Waals surface area contributed by atoms with Gasteiger partial charge in [-0.3, -0.25) is 0 Å². The van der Waals surface area contributed by atoms with Crippen LogP contribution in [0, 0.1) is 6.92 Å². The number of aromatic nitrogens is 1. The van der Waals surface area contributed by atoms with Crippen molar-refractivity contribution in [2.75, 3.05) is 13.7 Å². The van der Waals surface area contributed by atoms with Crippen LogP contribution in [0.1, 0.15) is 16.1 Å². The Morgan fingerprint density at radius 2 is 2.21 bits per heavy atom. The van der Waals surface area contributed by atoms with Crippen molar-refractivity contribution in [2.24, 2.45) is 0 Å². The van der Waals surface area contributed by atoms with E-state index >= 15 is 0 Å². The van der Waals surface area contributed by atoms with Crippen LogP contribution < -0.4 is 9.47 Å². The van der Waals surface area contributed by atoms with Crippen LogP contribution in [0.4, 0.5) is 0 Å². The van der Waals surface area contributed by atoms with E-state index in [1.165, 1.54) is 4.88 Å². The second-order valence-electron chi connectivity index (χ2n) is 4.07. The summed E-state index contributed by atoms with van der Waals surface area (Å²) in [5.74, 6) is 1.27. The van der Waals surface area contributed by atoms with Crippen molar-refractivity contribution in [3.8, 4) is 11.5 Å². The van der Waals surface area contributed by atoms with Gasteiger partial charge in [0.1, 0.15) is 0 Å². The maximum absolute atomic E-state index is 9.32. The second kappa shape index (κ2) is 6.54. The predicted octanol–water partition coefficient (Wildman–Crippen LogP) is 2.57. The van der Waals surface area contributed by atoms with Crippen LogP contribution in [-0.2, 0) is 13.0 Å². The summed E-state index contributed by atoms with van der Waals surface area (Å²) in [4.78, 5) is 5.43. The highest BCUT2D eigenvalue weighted by Gasteiger charge is 2.10. The molecule has 1 aromatic carbocycles. The van der Waals surface area contributed by atoms with E-state index in [-0.39, 0.29) is 6.61 Å². The van der Waals surface area contributed by atoms with Gasteiger partial charge >= 0.3 is 0 Å². The Labute approximate surface area is 116 Å². The number of thiazole rings is 1. The first-order chi connectivity index (χ1) is 9.26. The van der Waals surface area contributed by atoms with E-state index < -0.39 is 0 Å². The Balaban J connectivity index is 2.04. The van der Waals surface area contributed by atoms with Gasteiger partial charge in [-0.1, -0.05) is 12.1 Å². The van der Waals surface area contributed by atoms with Gasteiger partial charge in [-0.25, -0.2) is 4.98 Å². The topological polar surface area (TPSA) is 51.6 Å². The summed E-state index contributed by atoms with van der Waals surface area (Å²) < 4.78 is 11.0. The standard InChI is InChI=1S/C14H17NO3S/c1-10-13(19-9-15-10)6-7-18-14-11(8-16)4-3-5-12(14)17-2/h3-5,9,16H,6-8H2,1-2H3. The van der Waals surface area contributed by atoms with Crippen LogP contribution in [0.25, 0.3) is 0 Å². The van der Waals surface area contributed by atoms with E-state index in [2.05, 4.69) is 4.98 Å². The first kappa shape index (κ1) is 13.8. The molecule has 0 radical (unpaired) electrons. The molecule has 0 aliphatic heterocycles. The van der Waals surface area contributed by atoms with E-state index in [0.717, 1.165) is 17.7 Å². The molecule has 5 heteroatoms. The molecule has 0 unspecified atom stereocenters. The van der Waals surface area contributed by atoms with E-state index in [4.69, 9.17) is 9.47 Å². The number of aliphatic hydroxyl groups excluding tert-OH is 1. The smallest absolute Gasteiger partial charge is 0.166 e. The summed E-state index contributed by atoms with van der Waals surface area (Å²) in [6.07, 6.45) is 0.805. The number of benzene rings is 1. The molecule has 0 fully saturated rings. The molecule has 0 amide bonds. The lowest BCUT2D eigenvalue weighted by molar-refractivity contribution is 0.256. The van der Waals surface area contributed by atoms with Crippen LogP contribution in [0.15, 0.2) is 23.7 Å². The molecule has 0 spiro atoms. The lowest BCUT2D eigenvalue weighted by Gasteiger charge is -2.13. The van der Waals surface area contributed by atoms with Gasteiger partial charge in [-0.05, 0) is 13.0 Å². The number of hydrogen-bond donors (Lipinski definition) is 1. The third-order valence-corrected chi connectivity index (χ3v) is 3.87. The average molecular weight is 279 g/mol. The van der Waals surface area contributed by atoms with Crippen LogP contribution in [0.2, 0.25) is 0 Å². The normalized spacial score (nSPS) is 10.5. The Bertz CT molecular complexity index is 517. The maximum atomic E-state index is 9.32. The molecule has 0 saturated heterocycles. The number of aliphatic hydroxyl groups is 1. The van der Waals surface area contributed by atoms with E-state index in [1.807, 2.05) is 30.6 Å². The monoisotopic (exact) mass is 279 g/mol. The van der Waals surface area contributed by atoms with Gasteiger partial charge in [0.15, 0.2) is 11.5 Å². The van der Waals surface area contributed by atoms with Gasteiger partial charge in [0, 0.05) is 16.9 Å². The second-order valence-corrected chi connectivity index (χ2v) is 5.01. The minimum Gasteiger partial charge on any atom is -0.493 e. The molecule has 0 bridgehead atoms. The number of para-hydroxylation sites is 1. The zero-order valence-corrected chi connectivity index (χ0v) is 11.9. The largest absolute Gasteiger partial charge is 0.493 e. The van der Waals surface area contributed by atoms with Gasteiger partial charge < -0.3 is 14.6 Å². The van der Waals surface area contributed by atoms with Crippen molar-refractivity contribution in [1.82, 2.24) is 4.98 Å². The summed E-state index contributed by atoms with van der Waals surface area (Å²) in [7, 11) is 1.59. The van der Waals surface area contributed by atoms with Gasteiger partial charge in [0.2, 0.25) is 0 Å². The van der Waals surface area contributed by atoms with Gasteiger partial charge in [0.05, 0.1) is 31.5 Å². The van der Waals surface area contributed by atoms with Crippen LogP contribution in [0.5, 0.6) is 11.5 Å². The molecule has 0 aliphatic rings. The summed E-state index contributed by atoms with van der Waals surface area (Å²) in [6.45, 7) is 2.47. The third kappa shape index (κ3) is 3.24. The Hall–Kier alpha value is -1.59. The molecule has 19 heavy (non-hydrogen) atoms. The molecule has 0 aliphatic carbocycles. The van der Waals surface area contributed by atoms with Crippen LogP contribution in [0.3, 0.4) is 0 Å². The third-order valence-electron chi connectivity index (χ3n) is 2.87. The highest BCUT2D eigenvalue weighted by Crippen LogP contribution is 2.31. The van der Waals surface area contributed by atoms with Crippen molar-refractivity contribution in [3.63, 3.8) is 0 Å². The summed E-state index contributed by atoms with van der Waals surface area (Å²) in [5, 5.41) is 9.32. The highest BCUT2D eigenvalue weighted by molar-refractivity contribution is 7.09. The number of ether oxygens (including phenoxy) is 2. The van der Waals surface area contributed by atoms with Gasteiger partial charge in [-0.15, -0.1) is 11.3 Å². The first-order valence-electron chi connectivity index (χ1n) is 6.04. The highest BCUT2D eigenvalue weighted by atomic mass is 32.1. The van der Waals surface area contributed by atoms with Gasteiger partial charge in [0.25, 0.3) is 0 Å². The maximum Gasteiger partial charge on any atom is 0.166 e. The number of hydrogen-bond acceptors (Lipinski definition) is 5. The fraction of sp³-hybridized carbons (Fsp3) is 0.357. The zero-order chi connectivity index (χ0) is 13.7. The fourth-order valence-electron chi connectivity index (χ4n) is 1.82. The first-order valence-corrected chi connectivity index (χ1v) is 6.92. The number of aryl methyl sites for hydroxylation is 1. The Morgan fingerprint density at radius 1 is 1.37 bits per heavy atom. The number of methoxy groups -OCH3 is 1. The molecule has 0 atom stereocenters. The lowest BCUT2D eigenvalue weighted by atomic mass is 10.2. The summed E-state index contributed by atoms with van der Waals surface area (Å²) >= 11 is 1.63. The minimum atomic E-state index is -0.0634. The molecule has 1 heterocycles. The Kier molecular flexibility index (Phi) is 4.76. The lowest BCUT2D eigenvalue weighted by Crippen LogP contribution is -2.05. The van der Waals surface area contributed by atoms with Crippen molar-refractivity contribution in [3.05, 3.63) is 39.8 Å². The molecule has 1 aromatic heterocycles. The minimum absolute atomic E-state index is 0.0634. The van der Waals surface area contributed by atoms with E-state index in [0.29, 0.717) is 18.1 Å². The van der Waals surface area contributed by atoms with Crippen molar-refractivity contribution in [2.45, 2.75) is 20.0 Å². The van der Waals surface area contributed by atoms with Crippen molar-refractivity contribution < 1.29 is 14.6 Å². The Morgan fingerprint density at radius 3 is 2.84 bits per heavy atom. The van der Waals surface area contributed by atoms with Gasteiger partial charge in [-0.2, -0.15) is 0 Å². The van der Waals surface area contributed by atoms with Crippen molar-refractivity contribution >= 4 is 11.3 Å². The molecular formula is C14H17NO3S. The molecule has 0 saturated carbocycles. The van der Waals surface area contributed by atoms with E-state index in [9.17, 15) is 5.11 Å². The molecular weight excluding hydrogens is 262 g/mol. The van der Waals surface area contributed by atoms with Crippen molar-refractivity contribution in [1.29, 1.82) is 0 Å². The number of rotatable bonds is 6. The molecule has 4 nitrogen and oxygen atoms in total. The zero-order valence-electron chi connectivity index (χ0n) is 11.0.